The molecule has 0 radical (unpaired) electrons. The van der Waals surface area contributed by atoms with Crippen LogP contribution in [0.2, 0.25) is 0 Å². The monoisotopic (exact) mass is 317 g/mol. The molecule has 7 heteroatoms. The second kappa shape index (κ2) is 7.07. The number of piperidine rings is 1. The first-order chi connectivity index (χ1) is 9.85. The summed E-state index contributed by atoms with van der Waals surface area (Å²) < 4.78 is 24.9. The zero-order valence-corrected chi connectivity index (χ0v) is 13.6. The van der Waals surface area contributed by atoms with Crippen LogP contribution in [0.4, 0.5) is 0 Å². The van der Waals surface area contributed by atoms with Gasteiger partial charge < -0.3 is 10.6 Å². The minimum Gasteiger partial charge on any atom is -0.342 e. The molecule has 1 aliphatic carbocycles. The van der Waals surface area contributed by atoms with E-state index in [2.05, 4.69) is 4.72 Å². The molecule has 1 aliphatic heterocycles. The van der Waals surface area contributed by atoms with Gasteiger partial charge in [-0.3, -0.25) is 4.79 Å². The fourth-order valence-electron chi connectivity index (χ4n) is 3.41. The first-order valence-corrected chi connectivity index (χ1v) is 9.73. The fourth-order valence-corrected chi connectivity index (χ4v) is 3.95. The van der Waals surface area contributed by atoms with Crippen molar-refractivity contribution >= 4 is 15.9 Å². The van der Waals surface area contributed by atoms with Gasteiger partial charge in [0.25, 0.3) is 0 Å². The number of sulfonamides is 1. The Bertz CT molecular complexity index is 466. The average Bonchev–Trinajstić information content (AvgIpc) is 2.44. The number of nitrogens with one attached hydrogen (secondary N) is 1. The highest BCUT2D eigenvalue weighted by atomic mass is 32.2. The van der Waals surface area contributed by atoms with Gasteiger partial charge in [-0.25, -0.2) is 13.1 Å². The van der Waals surface area contributed by atoms with E-state index in [9.17, 15) is 13.2 Å². The van der Waals surface area contributed by atoms with Crippen LogP contribution < -0.4 is 10.5 Å². The fraction of sp³-hybridized carbons (Fsp3) is 0.929. The molecule has 1 amide bonds. The topological polar surface area (TPSA) is 92.5 Å². The highest BCUT2D eigenvalue weighted by molar-refractivity contribution is 7.88. The number of carbonyl (C=O) groups is 1. The third kappa shape index (κ3) is 5.23. The number of carbonyl (C=O) groups excluding carboxylic acids is 1. The number of amides is 1. The number of hydrogen-bond donors (Lipinski definition) is 2. The molecule has 0 aromatic heterocycles. The lowest BCUT2D eigenvalue weighted by Crippen LogP contribution is -2.47. The summed E-state index contributed by atoms with van der Waals surface area (Å²) in [7, 11) is -3.16. The Morgan fingerprint density at radius 1 is 1.29 bits per heavy atom. The number of hydrogen-bond acceptors (Lipinski definition) is 4. The number of rotatable bonds is 4. The molecule has 2 fully saturated rings. The molecule has 1 saturated heterocycles. The molecule has 3 unspecified atom stereocenters. The largest absolute Gasteiger partial charge is 0.342 e. The lowest BCUT2D eigenvalue weighted by atomic mass is 9.84. The zero-order chi connectivity index (χ0) is 15.5. The predicted octanol–water partition coefficient (Wildman–Crippen LogP) is 0.292. The van der Waals surface area contributed by atoms with Crippen LogP contribution in [0.5, 0.6) is 0 Å². The van der Waals surface area contributed by atoms with Crippen LogP contribution >= 0.6 is 0 Å². The van der Waals surface area contributed by atoms with Crippen LogP contribution in [-0.4, -0.2) is 51.2 Å². The van der Waals surface area contributed by atoms with E-state index in [1.54, 1.807) is 0 Å². The summed E-state index contributed by atoms with van der Waals surface area (Å²) in [5, 5.41) is 0. The maximum absolute atomic E-state index is 12.6. The number of nitrogens with zero attached hydrogens (tertiary/aromatic N) is 1. The quantitative estimate of drug-likeness (QED) is 0.779. The third-order valence-electron chi connectivity index (χ3n) is 4.53. The Morgan fingerprint density at radius 3 is 2.71 bits per heavy atom. The van der Waals surface area contributed by atoms with Gasteiger partial charge in [0.05, 0.1) is 6.26 Å². The van der Waals surface area contributed by atoms with Crippen LogP contribution in [0.15, 0.2) is 0 Å². The van der Waals surface area contributed by atoms with Crippen LogP contribution in [0, 0.1) is 11.8 Å². The van der Waals surface area contributed by atoms with Crippen molar-refractivity contribution in [3.63, 3.8) is 0 Å². The van der Waals surface area contributed by atoms with Crippen LogP contribution in [0.1, 0.15) is 38.5 Å². The zero-order valence-electron chi connectivity index (χ0n) is 12.8. The van der Waals surface area contributed by atoms with Gasteiger partial charge in [-0.1, -0.05) is 6.42 Å². The molecular weight excluding hydrogens is 290 g/mol. The van der Waals surface area contributed by atoms with E-state index < -0.39 is 10.0 Å². The van der Waals surface area contributed by atoms with Gasteiger partial charge >= 0.3 is 0 Å². The standard InChI is InChI=1S/C14H27N3O3S/c1-21(19,20)16-9-11-4-3-7-17(10-11)14(18)12-5-2-6-13(15)8-12/h11-13,16H,2-10,15H2,1H3. The van der Waals surface area contributed by atoms with E-state index in [-0.39, 0.29) is 23.8 Å². The van der Waals surface area contributed by atoms with Gasteiger partial charge in [-0.15, -0.1) is 0 Å². The highest BCUT2D eigenvalue weighted by Gasteiger charge is 2.31. The Hall–Kier alpha value is -0.660. The molecule has 2 rings (SSSR count). The van der Waals surface area contributed by atoms with E-state index in [0.717, 1.165) is 45.1 Å². The van der Waals surface area contributed by atoms with E-state index >= 15 is 0 Å². The molecule has 3 N–H and O–H groups in total. The van der Waals surface area contributed by atoms with Gasteiger partial charge in [0.2, 0.25) is 15.9 Å². The molecule has 1 heterocycles. The lowest BCUT2D eigenvalue weighted by molar-refractivity contribution is -0.138. The smallest absolute Gasteiger partial charge is 0.225 e. The number of nitrogens with two attached hydrogens (primary N) is 1. The first kappa shape index (κ1) is 16.7. The van der Waals surface area contributed by atoms with E-state index in [1.165, 1.54) is 6.26 Å². The Labute approximate surface area is 127 Å². The molecule has 6 nitrogen and oxygen atoms in total. The maximum atomic E-state index is 12.6. The van der Waals surface area contributed by atoms with Crippen molar-refractivity contribution in [2.75, 3.05) is 25.9 Å². The maximum Gasteiger partial charge on any atom is 0.225 e. The van der Waals surface area contributed by atoms with E-state index in [4.69, 9.17) is 5.73 Å². The molecule has 2 aliphatic rings. The molecule has 0 bridgehead atoms. The number of likely N-dealkylation sites (tertiary alicyclic amines) is 1. The van der Waals surface area contributed by atoms with Gasteiger partial charge in [0.15, 0.2) is 0 Å². The summed E-state index contributed by atoms with van der Waals surface area (Å²) >= 11 is 0. The lowest BCUT2D eigenvalue weighted by Gasteiger charge is -2.36. The molecular formula is C14H27N3O3S. The Balaban J connectivity index is 1.86. The molecule has 122 valence electrons. The SMILES string of the molecule is CS(=O)(=O)NCC1CCCN(C(=O)C2CCCC(N)C2)C1. The van der Waals surface area contributed by atoms with Crippen molar-refractivity contribution < 1.29 is 13.2 Å². The van der Waals surface area contributed by atoms with Crippen molar-refractivity contribution in [1.82, 2.24) is 9.62 Å². The Morgan fingerprint density at radius 2 is 2.05 bits per heavy atom. The van der Waals surface area contributed by atoms with Gasteiger partial charge in [-0.05, 0) is 38.0 Å². The molecule has 21 heavy (non-hydrogen) atoms. The summed E-state index contributed by atoms with van der Waals surface area (Å²) in [5.74, 6) is 0.499. The summed E-state index contributed by atoms with van der Waals surface area (Å²) in [6.45, 7) is 1.87. The molecule has 0 spiro atoms. The van der Waals surface area contributed by atoms with Crippen molar-refractivity contribution in [2.24, 2.45) is 17.6 Å². The van der Waals surface area contributed by atoms with Crippen LogP contribution in [-0.2, 0) is 14.8 Å². The summed E-state index contributed by atoms with van der Waals surface area (Å²) in [6, 6.07) is 0.153. The normalized spacial score (nSPS) is 31.1. The Kier molecular flexibility index (Phi) is 5.62. The van der Waals surface area contributed by atoms with Crippen molar-refractivity contribution in [3.05, 3.63) is 0 Å². The molecule has 1 saturated carbocycles. The average molecular weight is 317 g/mol. The highest BCUT2D eigenvalue weighted by Crippen LogP contribution is 2.27. The minimum atomic E-state index is -3.16. The predicted molar refractivity (Wildman–Crippen MR) is 82.1 cm³/mol. The van der Waals surface area contributed by atoms with Crippen LogP contribution in [0.3, 0.4) is 0 Å². The van der Waals surface area contributed by atoms with Gasteiger partial charge in [0, 0.05) is 31.6 Å². The van der Waals surface area contributed by atoms with E-state index in [1.807, 2.05) is 4.90 Å². The van der Waals surface area contributed by atoms with Crippen LogP contribution in [0.25, 0.3) is 0 Å². The second-order valence-corrected chi connectivity index (χ2v) is 8.37. The van der Waals surface area contributed by atoms with Crippen molar-refractivity contribution in [2.45, 2.75) is 44.6 Å². The van der Waals surface area contributed by atoms with E-state index in [0.29, 0.717) is 13.1 Å². The summed E-state index contributed by atoms with van der Waals surface area (Å²) in [5.41, 5.74) is 5.97. The molecule has 3 atom stereocenters. The van der Waals surface area contributed by atoms with Gasteiger partial charge in [0.1, 0.15) is 0 Å². The summed E-state index contributed by atoms with van der Waals surface area (Å²) in [4.78, 5) is 14.5. The van der Waals surface area contributed by atoms with Crippen molar-refractivity contribution in [1.29, 1.82) is 0 Å². The van der Waals surface area contributed by atoms with Gasteiger partial charge in [-0.2, -0.15) is 0 Å². The van der Waals surface area contributed by atoms with Crippen molar-refractivity contribution in [3.8, 4) is 0 Å². The molecule has 0 aromatic carbocycles. The minimum absolute atomic E-state index is 0.0652. The molecule has 0 aromatic rings. The summed E-state index contributed by atoms with van der Waals surface area (Å²) in [6.07, 6.45) is 6.87. The second-order valence-electron chi connectivity index (χ2n) is 6.54. The first-order valence-electron chi connectivity index (χ1n) is 7.84. The third-order valence-corrected chi connectivity index (χ3v) is 5.22.